The molecule has 82 valence electrons. The van der Waals surface area contributed by atoms with Crippen molar-refractivity contribution >= 4 is 21.4 Å². The van der Waals surface area contributed by atoms with Gasteiger partial charge in [0.2, 0.25) is 0 Å². The van der Waals surface area contributed by atoms with Gasteiger partial charge in [-0.1, -0.05) is 36.8 Å². The molecule has 1 aliphatic rings. The molecule has 0 nitrogen and oxygen atoms in total. The second-order valence-electron chi connectivity index (χ2n) is 4.51. The lowest BCUT2D eigenvalue weighted by atomic mass is 10.0. The predicted octanol–water partition coefficient (Wildman–Crippen LogP) is 5.12. The van der Waals surface area contributed by atoms with E-state index in [1.54, 1.807) is 4.88 Å². The lowest BCUT2D eigenvalue weighted by Crippen LogP contribution is -1.89. The van der Waals surface area contributed by atoms with Crippen LogP contribution in [0.3, 0.4) is 0 Å². The van der Waals surface area contributed by atoms with Gasteiger partial charge >= 0.3 is 0 Å². The summed E-state index contributed by atoms with van der Waals surface area (Å²) in [4.78, 5) is 1.54. The fraction of sp³-hybridized carbons (Fsp3) is 0.333. The predicted molar refractivity (Wildman–Crippen MR) is 72.2 cm³/mol. The molecule has 1 heterocycles. The van der Waals surface area contributed by atoms with Crippen LogP contribution in [0.2, 0.25) is 0 Å². The molecule has 1 aromatic heterocycles. The van der Waals surface area contributed by atoms with Crippen LogP contribution in [0.5, 0.6) is 0 Å². The van der Waals surface area contributed by atoms with Crippen molar-refractivity contribution in [2.24, 2.45) is 0 Å². The molecule has 0 saturated heterocycles. The van der Waals surface area contributed by atoms with Crippen LogP contribution < -0.4 is 0 Å². The summed E-state index contributed by atoms with van der Waals surface area (Å²) < 4.78 is 1.43. The molecular formula is C15H16S. The summed E-state index contributed by atoms with van der Waals surface area (Å²) in [6.45, 7) is 0. The minimum Gasteiger partial charge on any atom is -0.140 e. The Morgan fingerprint density at radius 3 is 3.00 bits per heavy atom. The van der Waals surface area contributed by atoms with Gasteiger partial charge in [-0.25, -0.2) is 0 Å². The van der Waals surface area contributed by atoms with Gasteiger partial charge < -0.3 is 0 Å². The number of benzene rings is 1. The number of rotatable bonds is 1. The van der Waals surface area contributed by atoms with Crippen molar-refractivity contribution in [2.45, 2.75) is 31.6 Å². The van der Waals surface area contributed by atoms with E-state index in [9.17, 15) is 0 Å². The lowest BCUT2D eigenvalue weighted by Gasteiger charge is -2.07. The molecular weight excluding hydrogens is 212 g/mol. The first-order chi connectivity index (χ1) is 7.93. The van der Waals surface area contributed by atoms with E-state index in [1.807, 2.05) is 11.3 Å². The highest BCUT2D eigenvalue weighted by Gasteiger charge is 2.12. The maximum absolute atomic E-state index is 2.41. The van der Waals surface area contributed by atoms with E-state index in [2.05, 4.69) is 42.5 Å². The fourth-order valence-electron chi connectivity index (χ4n) is 2.41. The first-order valence-electron chi connectivity index (χ1n) is 6.08. The van der Waals surface area contributed by atoms with Crippen molar-refractivity contribution in [1.82, 2.24) is 0 Å². The molecule has 0 bridgehead atoms. The summed E-state index contributed by atoms with van der Waals surface area (Å²) in [5.41, 5.74) is 0. The van der Waals surface area contributed by atoms with E-state index in [4.69, 9.17) is 0 Å². The molecule has 16 heavy (non-hydrogen) atoms. The Morgan fingerprint density at radius 1 is 1.12 bits per heavy atom. The van der Waals surface area contributed by atoms with Crippen molar-refractivity contribution in [2.75, 3.05) is 0 Å². The zero-order valence-electron chi connectivity index (χ0n) is 9.36. The normalized spacial score (nSPS) is 21.1. The summed E-state index contributed by atoms with van der Waals surface area (Å²) in [5, 5.41) is 1.40. The number of hydrogen-bond acceptors (Lipinski definition) is 1. The highest BCUT2D eigenvalue weighted by atomic mass is 32.1. The van der Waals surface area contributed by atoms with E-state index >= 15 is 0 Å². The number of fused-ring (bicyclic) bond motifs is 1. The van der Waals surface area contributed by atoms with Crippen LogP contribution in [0.1, 0.15) is 36.5 Å². The minimum absolute atomic E-state index is 0.667. The Kier molecular flexibility index (Phi) is 2.79. The SMILES string of the molecule is C1=CC(c2cc3ccccc3s2)CCCC1. The largest absolute Gasteiger partial charge is 0.140 e. The number of allylic oxidation sites excluding steroid dienone is 2. The molecule has 1 aliphatic carbocycles. The van der Waals surface area contributed by atoms with Gasteiger partial charge in [0, 0.05) is 15.5 Å². The van der Waals surface area contributed by atoms with Crippen molar-refractivity contribution in [1.29, 1.82) is 0 Å². The van der Waals surface area contributed by atoms with E-state index in [0.717, 1.165) is 0 Å². The third kappa shape index (κ3) is 1.92. The van der Waals surface area contributed by atoms with Gasteiger partial charge in [-0.2, -0.15) is 0 Å². The molecule has 1 aromatic carbocycles. The van der Waals surface area contributed by atoms with E-state index in [0.29, 0.717) is 5.92 Å². The molecule has 0 aliphatic heterocycles. The Balaban J connectivity index is 1.98. The number of thiophene rings is 1. The first kappa shape index (κ1) is 10.1. The standard InChI is InChI=1S/C15H16S/c1-2-4-8-12(7-3-1)15-11-13-9-5-6-10-14(13)16-15/h3,5-7,9-12H,1-2,4,8H2. The maximum atomic E-state index is 2.41. The van der Waals surface area contributed by atoms with E-state index < -0.39 is 0 Å². The molecule has 1 atom stereocenters. The minimum atomic E-state index is 0.667. The van der Waals surface area contributed by atoms with Crippen LogP contribution >= 0.6 is 11.3 Å². The second-order valence-corrected chi connectivity index (χ2v) is 5.62. The quantitative estimate of drug-likeness (QED) is 0.595. The van der Waals surface area contributed by atoms with Gasteiger partial charge in [-0.05, 0) is 36.8 Å². The zero-order valence-corrected chi connectivity index (χ0v) is 10.2. The van der Waals surface area contributed by atoms with Crippen molar-refractivity contribution in [3.05, 3.63) is 47.4 Å². The summed E-state index contributed by atoms with van der Waals surface area (Å²) in [6.07, 6.45) is 10.1. The molecule has 0 fully saturated rings. The molecule has 2 aromatic rings. The molecule has 0 spiro atoms. The molecule has 1 heteroatoms. The average Bonchev–Trinajstić information content (AvgIpc) is 2.56. The Morgan fingerprint density at radius 2 is 2.06 bits per heavy atom. The highest BCUT2D eigenvalue weighted by molar-refractivity contribution is 7.19. The van der Waals surface area contributed by atoms with Gasteiger partial charge in [0.25, 0.3) is 0 Å². The van der Waals surface area contributed by atoms with Gasteiger partial charge in [-0.3, -0.25) is 0 Å². The van der Waals surface area contributed by atoms with Crippen LogP contribution in [0.15, 0.2) is 42.5 Å². The van der Waals surface area contributed by atoms with Gasteiger partial charge in [0.15, 0.2) is 0 Å². The van der Waals surface area contributed by atoms with Crippen LogP contribution in [0.25, 0.3) is 10.1 Å². The number of hydrogen-bond donors (Lipinski definition) is 0. The molecule has 0 amide bonds. The summed E-state index contributed by atoms with van der Waals surface area (Å²) in [7, 11) is 0. The zero-order chi connectivity index (χ0) is 10.8. The highest BCUT2D eigenvalue weighted by Crippen LogP contribution is 2.35. The smallest absolute Gasteiger partial charge is 0.0345 e. The molecule has 0 saturated carbocycles. The van der Waals surface area contributed by atoms with Crippen LogP contribution in [0, 0.1) is 0 Å². The fourth-order valence-corrected chi connectivity index (χ4v) is 3.58. The average molecular weight is 228 g/mol. The van der Waals surface area contributed by atoms with Crippen LogP contribution in [0.4, 0.5) is 0 Å². The van der Waals surface area contributed by atoms with Crippen LogP contribution in [-0.2, 0) is 0 Å². The van der Waals surface area contributed by atoms with Gasteiger partial charge in [0.05, 0.1) is 0 Å². The third-order valence-electron chi connectivity index (χ3n) is 3.31. The van der Waals surface area contributed by atoms with Crippen molar-refractivity contribution in [3.8, 4) is 0 Å². The summed E-state index contributed by atoms with van der Waals surface area (Å²) in [6, 6.07) is 11.1. The molecule has 3 rings (SSSR count). The van der Waals surface area contributed by atoms with E-state index in [-0.39, 0.29) is 0 Å². The Hall–Kier alpha value is -1.08. The van der Waals surface area contributed by atoms with Crippen molar-refractivity contribution in [3.63, 3.8) is 0 Å². The third-order valence-corrected chi connectivity index (χ3v) is 4.56. The topological polar surface area (TPSA) is 0 Å². The maximum Gasteiger partial charge on any atom is 0.0345 e. The lowest BCUT2D eigenvalue weighted by molar-refractivity contribution is 0.671. The van der Waals surface area contributed by atoms with Crippen LogP contribution in [-0.4, -0.2) is 0 Å². The Bertz CT molecular complexity index is 474. The summed E-state index contributed by atoms with van der Waals surface area (Å²) in [5.74, 6) is 0.667. The van der Waals surface area contributed by atoms with E-state index in [1.165, 1.54) is 35.8 Å². The molecule has 1 unspecified atom stereocenters. The Labute approximate surface area is 101 Å². The van der Waals surface area contributed by atoms with Gasteiger partial charge in [0.1, 0.15) is 0 Å². The molecule has 0 radical (unpaired) electrons. The van der Waals surface area contributed by atoms with Gasteiger partial charge in [-0.15, -0.1) is 11.3 Å². The van der Waals surface area contributed by atoms with Crippen molar-refractivity contribution < 1.29 is 0 Å². The second kappa shape index (κ2) is 4.42. The monoisotopic (exact) mass is 228 g/mol. The molecule has 0 N–H and O–H groups in total. The summed E-state index contributed by atoms with van der Waals surface area (Å²) >= 11 is 1.96. The first-order valence-corrected chi connectivity index (χ1v) is 6.90.